The summed E-state index contributed by atoms with van der Waals surface area (Å²) >= 11 is 7.52. The van der Waals surface area contributed by atoms with Crippen LogP contribution in [0, 0.1) is 6.92 Å². The first-order valence-corrected chi connectivity index (χ1v) is 9.26. The highest BCUT2D eigenvalue weighted by Crippen LogP contribution is 2.30. The van der Waals surface area contributed by atoms with E-state index < -0.39 is 5.91 Å². The van der Waals surface area contributed by atoms with Gasteiger partial charge in [0.05, 0.1) is 10.7 Å². The molecule has 0 bridgehead atoms. The monoisotopic (exact) mass is 396 g/mol. The van der Waals surface area contributed by atoms with E-state index in [1.54, 1.807) is 18.3 Å². The van der Waals surface area contributed by atoms with E-state index in [0.717, 1.165) is 11.3 Å². The van der Waals surface area contributed by atoms with Crippen molar-refractivity contribution in [3.63, 3.8) is 0 Å². The van der Waals surface area contributed by atoms with Gasteiger partial charge in [-0.1, -0.05) is 35.9 Å². The summed E-state index contributed by atoms with van der Waals surface area (Å²) in [4.78, 5) is 25.6. The van der Waals surface area contributed by atoms with Crippen molar-refractivity contribution < 1.29 is 9.21 Å². The molecule has 0 saturated heterocycles. The largest absolute Gasteiger partial charge is 0.438 e. The summed E-state index contributed by atoms with van der Waals surface area (Å²) < 4.78 is 5.30. The second kappa shape index (κ2) is 7.30. The molecule has 0 atom stereocenters. The molecule has 0 aliphatic rings. The maximum atomic E-state index is 12.7. The number of hydrogen-bond donors (Lipinski definition) is 1. The van der Waals surface area contributed by atoms with Gasteiger partial charge in [-0.15, -0.1) is 11.3 Å². The molecule has 3 aromatic heterocycles. The quantitative estimate of drug-likeness (QED) is 0.520. The maximum Gasteiger partial charge on any atom is 0.295 e. The Morgan fingerprint density at radius 2 is 2.00 bits per heavy atom. The summed E-state index contributed by atoms with van der Waals surface area (Å²) in [5.74, 6) is -0.366. The summed E-state index contributed by atoms with van der Waals surface area (Å²) in [7, 11) is 0. The number of aromatic nitrogens is 3. The Balaban J connectivity index is 1.59. The summed E-state index contributed by atoms with van der Waals surface area (Å²) in [6, 6.07) is 11.0. The van der Waals surface area contributed by atoms with Crippen molar-refractivity contribution in [2.75, 3.05) is 5.32 Å². The number of hydrogen-bond acceptors (Lipinski definition) is 6. The highest BCUT2D eigenvalue weighted by atomic mass is 35.5. The molecule has 3 heterocycles. The number of halogens is 1. The van der Waals surface area contributed by atoms with E-state index in [0.29, 0.717) is 27.1 Å². The normalized spacial score (nSPS) is 10.7. The van der Waals surface area contributed by atoms with Crippen molar-refractivity contribution in [1.82, 2.24) is 15.0 Å². The third kappa shape index (κ3) is 3.47. The number of thiazole rings is 1. The van der Waals surface area contributed by atoms with E-state index in [4.69, 9.17) is 16.0 Å². The van der Waals surface area contributed by atoms with Crippen LogP contribution in [-0.2, 0) is 0 Å². The van der Waals surface area contributed by atoms with Crippen LogP contribution in [0.2, 0.25) is 5.02 Å². The Bertz CT molecular complexity index is 1120. The average Bonchev–Trinajstić information content (AvgIpc) is 3.32. The molecule has 0 saturated carbocycles. The lowest BCUT2D eigenvalue weighted by Crippen LogP contribution is -2.12. The Kier molecular flexibility index (Phi) is 4.70. The Labute approximate surface area is 163 Å². The van der Waals surface area contributed by atoms with E-state index >= 15 is 0 Å². The molecule has 27 heavy (non-hydrogen) atoms. The van der Waals surface area contributed by atoms with Crippen LogP contribution in [0.15, 0.2) is 58.8 Å². The minimum absolute atomic E-state index is 0.0777. The van der Waals surface area contributed by atoms with E-state index in [1.807, 2.05) is 36.6 Å². The molecule has 0 fully saturated rings. The smallest absolute Gasteiger partial charge is 0.295 e. The Morgan fingerprint density at radius 3 is 2.81 bits per heavy atom. The van der Waals surface area contributed by atoms with Gasteiger partial charge in [0.15, 0.2) is 11.5 Å². The lowest BCUT2D eigenvalue weighted by molar-refractivity contribution is 0.0997. The number of aryl methyl sites for hydroxylation is 1. The molecule has 1 amide bonds. The molecule has 0 aliphatic carbocycles. The second-order valence-electron chi connectivity index (χ2n) is 5.67. The summed E-state index contributed by atoms with van der Waals surface area (Å²) in [6.45, 7) is 1.96. The average molecular weight is 397 g/mol. The summed E-state index contributed by atoms with van der Waals surface area (Å²) in [5.41, 5.74) is 3.51. The molecular formula is C19H13ClN4O2S. The Hall–Kier alpha value is -3.03. The van der Waals surface area contributed by atoms with E-state index in [9.17, 15) is 4.79 Å². The van der Waals surface area contributed by atoms with E-state index in [2.05, 4.69) is 20.3 Å². The van der Waals surface area contributed by atoms with Crippen LogP contribution < -0.4 is 5.32 Å². The zero-order chi connectivity index (χ0) is 18.8. The van der Waals surface area contributed by atoms with Gasteiger partial charge in [-0.05, 0) is 24.6 Å². The number of pyridine rings is 1. The first kappa shape index (κ1) is 17.4. The number of carbonyl (C=O) groups is 1. The molecule has 0 aliphatic heterocycles. The molecular weight excluding hydrogens is 384 g/mol. The van der Waals surface area contributed by atoms with E-state index in [1.165, 1.54) is 17.7 Å². The Morgan fingerprint density at radius 1 is 1.15 bits per heavy atom. The van der Waals surface area contributed by atoms with Crippen LogP contribution in [0.25, 0.3) is 22.6 Å². The fourth-order valence-corrected chi connectivity index (χ4v) is 3.52. The zero-order valence-corrected chi connectivity index (χ0v) is 15.7. The molecule has 4 aromatic rings. The van der Waals surface area contributed by atoms with Gasteiger partial charge >= 0.3 is 0 Å². The number of benzene rings is 1. The lowest BCUT2D eigenvalue weighted by atomic mass is 10.1. The van der Waals surface area contributed by atoms with E-state index in [-0.39, 0.29) is 5.76 Å². The number of oxazole rings is 1. The van der Waals surface area contributed by atoms with Crippen LogP contribution in [0.5, 0.6) is 0 Å². The molecule has 1 N–H and O–H groups in total. The van der Waals surface area contributed by atoms with Gasteiger partial charge in [0.1, 0.15) is 11.4 Å². The number of nitrogens with one attached hydrogen (secondary N) is 1. The van der Waals surface area contributed by atoms with Gasteiger partial charge in [0.2, 0.25) is 5.76 Å². The molecule has 0 radical (unpaired) electrons. The SMILES string of the molecule is Cc1cccnc1-c1csc(NC(=O)c2ocnc2-c2ccccc2Cl)n1. The predicted octanol–water partition coefficient (Wildman–Crippen LogP) is 5.07. The number of rotatable bonds is 4. The number of carbonyl (C=O) groups excluding carboxylic acids is 1. The van der Waals surface area contributed by atoms with Crippen molar-refractivity contribution in [1.29, 1.82) is 0 Å². The standard InChI is InChI=1S/C19H13ClN4O2S/c1-11-5-4-8-21-15(11)14-9-27-19(23-14)24-18(25)17-16(22-10-26-17)12-6-2-3-7-13(12)20/h2-10H,1H3,(H,23,24,25). The van der Waals surface area contributed by atoms with Crippen LogP contribution in [-0.4, -0.2) is 20.9 Å². The lowest BCUT2D eigenvalue weighted by Gasteiger charge is -2.03. The van der Waals surface area contributed by atoms with Crippen LogP contribution in [0.3, 0.4) is 0 Å². The van der Waals surface area contributed by atoms with Crippen LogP contribution >= 0.6 is 22.9 Å². The van der Waals surface area contributed by atoms with Crippen molar-refractivity contribution in [3.8, 4) is 22.6 Å². The summed E-state index contributed by atoms with van der Waals surface area (Å²) in [6.07, 6.45) is 2.93. The third-order valence-electron chi connectivity index (χ3n) is 3.88. The van der Waals surface area contributed by atoms with Crippen LogP contribution in [0.4, 0.5) is 5.13 Å². The highest BCUT2D eigenvalue weighted by Gasteiger charge is 2.21. The van der Waals surface area contributed by atoms with Gasteiger partial charge in [-0.3, -0.25) is 15.1 Å². The molecule has 0 spiro atoms. The fourth-order valence-electron chi connectivity index (χ4n) is 2.60. The highest BCUT2D eigenvalue weighted by molar-refractivity contribution is 7.14. The number of anilines is 1. The molecule has 134 valence electrons. The van der Waals surface area contributed by atoms with Crippen molar-refractivity contribution in [2.45, 2.75) is 6.92 Å². The molecule has 4 rings (SSSR count). The molecule has 1 aromatic carbocycles. The van der Waals surface area contributed by atoms with Crippen molar-refractivity contribution in [3.05, 3.63) is 70.7 Å². The topological polar surface area (TPSA) is 80.9 Å². The van der Waals surface area contributed by atoms with Gasteiger partial charge in [-0.25, -0.2) is 9.97 Å². The zero-order valence-electron chi connectivity index (χ0n) is 14.1. The van der Waals surface area contributed by atoms with Gasteiger partial charge in [-0.2, -0.15) is 0 Å². The van der Waals surface area contributed by atoms with Crippen molar-refractivity contribution in [2.24, 2.45) is 0 Å². The minimum Gasteiger partial charge on any atom is -0.438 e. The third-order valence-corrected chi connectivity index (χ3v) is 4.97. The molecule has 6 nitrogen and oxygen atoms in total. The van der Waals surface area contributed by atoms with Crippen molar-refractivity contribution >= 4 is 34.0 Å². The summed E-state index contributed by atoms with van der Waals surface area (Å²) in [5, 5.41) is 5.53. The number of nitrogens with zero attached hydrogens (tertiary/aromatic N) is 3. The molecule has 0 unspecified atom stereocenters. The predicted molar refractivity (Wildman–Crippen MR) is 105 cm³/mol. The molecule has 8 heteroatoms. The van der Waals surface area contributed by atoms with Gasteiger partial charge in [0.25, 0.3) is 5.91 Å². The van der Waals surface area contributed by atoms with Gasteiger partial charge < -0.3 is 4.42 Å². The second-order valence-corrected chi connectivity index (χ2v) is 6.94. The van der Waals surface area contributed by atoms with Gasteiger partial charge in [0, 0.05) is 17.1 Å². The maximum absolute atomic E-state index is 12.7. The van der Waals surface area contributed by atoms with Crippen LogP contribution in [0.1, 0.15) is 16.1 Å². The number of amides is 1. The first-order valence-electron chi connectivity index (χ1n) is 8.00. The minimum atomic E-state index is -0.443. The first-order chi connectivity index (χ1) is 13.1. The fraction of sp³-hybridized carbons (Fsp3) is 0.0526.